The fourth-order valence-corrected chi connectivity index (χ4v) is 3.43. The van der Waals surface area contributed by atoms with Crippen LogP contribution in [0.5, 0.6) is 0 Å². The van der Waals surface area contributed by atoms with Crippen molar-refractivity contribution in [1.82, 2.24) is 4.57 Å². The Morgan fingerprint density at radius 2 is 2.27 bits per heavy atom. The number of hydrogen-bond acceptors (Lipinski definition) is 2. The highest BCUT2D eigenvalue weighted by atomic mass is 32.2. The van der Waals surface area contributed by atoms with Crippen LogP contribution in [0.2, 0.25) is 0 Å². The number of nitrogens with zero attached hydrogens (tertiary/aromatic N) is 1. The molecule has 0 bridgehead atoms. The smallest absolute Gasteiger partial charge is 0.0503 e. The van der Waals surface area contributed by atoms with Crippen molar-refractivity contribution in [2.24, 2.45) is 0 Å². The third kappa shape index (κ3) is 1.51. The molecule has 2 nitrogen and oxygen atoms in total. The lowest BCUT2D eigenvalue weighted by Gasteiger charge is -2.12. The van der Waals surface area contributed by atoms with Gasteiger partial charge in [-0.25, -0.2) is 0 Å². The fraction of sp³-hybridized carbons (Fsp3) is 0.333. The molecule has 0 aliphatic carbocycles. The van der Waals surface area contributed by atoms with E-state index >= 15 is 0 Å². The molecule has 1 fully saturated rings. The SMILES string of the molecule is Nc1ccc2ccn(C3CCSC3)c2c1. The van der Waals surface area contributed by atoms with Gasteiger partial charge in [0.05, 0.1) is 5.52 Å². The number of hydrogen-bond donors (Lipinski definition) is 1. The number of aromatic nitrogens is 1. The Balaban J connectivity index is 2.13. The molecule has 15 heavy (non-hydrogen) atoms. The van der Waals surface area contributed by atoms with Gasteiger partial charge in [0.2, 0.25) is 0 Å². The minimum atomic E-state index is 0.661. The van der Waals surface area contributed by atoms with Gasteiger partial charge in [-0.1, -0.05) is 6.07 Å². The van der Waals surface area contributed by atoms with Crippen molar-refractivity contribution >= 4 is 28.4 Å². The van der Waals surface area contributed by atoms with E-state index < -0.39 is 0 Å². The summed E-state index contributed by atoms with van der Waals surface area (Å²) in [7, 11) is 0. The predicted octanol–water partition coefficient (Wildman–Crippen LogP) is 2.90. The normalized spacial score (nSPS) is 21.2. The average Bonchev–Trinajstić information content (AvgIpc) is 2.83. The van der Waals surface area contributed by atoms with E-state index in [0.717, 1.165) is 5.69 Å². The van der Waals surface area contributed by atoms with Crippen LogP contribution >= 0.6 is 11.8 Å². The molecule has 1 atom stereocenters. The number of nitrogen functional groups attached to an aromatic ring is 1. The van der Waals surface area contributed by atoms with E-state index in [1.807, 2.05) is 17.8 Å². The molecule has 2 aromatic rings. The molecule has 1 aliphatic heterocycles. The van der Waals surface area contributed by atoms with Gasteiger partial charge in [0, 0.05) is 23.7 Å². The highest BCUT2D eigenvalue weighted by Crippen LogP contribution is 2.31. The summed E-state index contributed by atoms with van der Waals surface area (Å²) in [5.41, 5.74) is 7.97. The minimum absolute atomic E-state index is 0.661. The zero-order valence-electron chi connectivity index (χ0n) is 8.52. The zero-order valence-corrected chi connectivity index (χ0v) is 9.33. The van der Waals surface area contributed by atoms with Crippen LogP contribution in [0.3, 0.4) is 0 Å². The second kappa shape index (κ2) is 3.49. The van der Waals surface area contributed by atoms with Crippen molar-refractivity contribution < 1.29 is 0 Å². The number of benzene rings is 1. The first kappa shape index (κ1) is 9.16. The van der Waals surface area contributed by atoms with Gasteiger partial charge in [-0.2, -0.15) is 11.8 Å². The van der Waals surface area contributed by atoms with Gasteiger partial charge in [-0.05, 0) is 35.8 Å². The molecular formula is C12H14N2S. The van der Waals surface area contributed by atoms with Crippen molar-refractivity contribution in [2.45, 2.75) is 12.5 Å². The average molecular weight is 218 g/mol. The quantitative estimate of drug-likeness (QED) is 0.746. The van der Waals surface area contributed by atoms with Crippen molar-refractivity contribution in [3.05, 3.63) is 30.5 Å². The van der Waals surface area contributed by atoms with Crippen LogP contribution in [0.25, 0.3) is 10.9 Å². The van der Waals surface area contributed by atoms with Gasteiger partial charge in [0.15, 0.2) is 0 Å². The topological polar surface area (TPSA) is 30.9 Å². The molecule has 78 valence electrons. The van der Waals surface area contributed by atoms with E-state index in [0.29, 0.717) is 6.04 Å². The summed E-state index contributed by atoms with van der Waals surface area (Å²) in [6, 6.07) is 8.99. The fourth-order valence-electron chi connectivity index (χ4n) is 2.23. The van der Waals surface area contributed by atoms with Crippen molar-refractivity contribution in [3.8, 4) is 0 Å². The Morgan fingerprint density at radius 3 is 3.07 bits per heavy atom. The Kier molecular flexibility index (Phi) is 2.13. The molecule has 1 aromatic carbocycles. The van der Waals surface area contributed by atoms with Crippen LogP contribution in [0, 0.1) is 0 Å². The summed E-state index contributed by atoms with van der Waals surface area (Å²) >= 11 is 2.04. The standard InChI is InChI=1S/C12H14N2S/c13-10-2-1-9-3-5-14(12(9)7-10)11-4-6-15-8-11/h1-3,5,7,11H,4,6,8,13H2. The lowest BCUT2D eigenvalue weighted by atomic mass is 10.2. The second-order valence-corrected chi connectivity index (χ2v) is 5.21. The molecule has 3 rings (SSSR count). The van der Waals surface area contributed by atoms with Crippen LogP contribution < -0.4 is 5.73 Å². The lowest BCUT2D eigenvalue weighted by Crippen LogP contribution is -2.05. The Hall–Kier alpha value is -1.09. The van der Waals surface area contributed by atoms with Crippen LogP contribution in [-0.2, 0) is 0 Å². The van der Waals surface area contributed by atoms with Crippen molar-refractivity contribution in [1.29, 1.82) is 0 Å². The second-order valence-electron chi connectivity index (χ2n) is 4.06. The maximum atomic E-state index is 5.83. The lowest BCUT2D eigenvalue weighted by molar-refractivity contribution is 0.579. The van der Waals surface area contributed by atoms with Gasteiger partial charge in [0.1, 0.15) is 0 Å². The van der Waals surface area contributed by atoms with Gasteiger partial charge in [-0.3, -0.25) is 0 Å². The van der Waals surface area contributed by atoms with Crippen molar-refractivity contribution in [3.63, 3.8) is 0 Å². The van der Waals surface area contributed by atoms with E-state index in [-0.39, 0.29) is 0 Å². The molecule has 2 heterocycles. The third-order valence-corrected chi connectivity index (χ3v) is 4.19. The van der Waals surface area contributed by atoms with Gasteiger partial charge < -0.3 is 10.3 Å². The molecule has 0 saturated carbocycles. The number of thioether (sulfide) groups is 1. The van der Waals surface area contributed by atoms with Gasteiger partial charge >= 0.3 is 0 Å². The number of nitrogens with two attached hydrogens (primary N) is 1. The summed E-state index contributed by atoms with van der Waals surface area (Å²) < 4.78 is 2.38. The molecule has 0 radical (unpaired) electrons. The Morgan fingerprint density at radius 1 is 1.33 bits per heavy atom. The Bertz CT molecular complexity index is 483. The molecule has 1 aliphatic rings. The maximum Gasteiger partial charge on any atom is 0.0503 e. The summed E-state index contributed by atoms with van der Waals surface area (Å²) in [5.74, 6) is 2.52. The highest BCUT2D eigenvalue weighted by molar-refractivity contribution is 7.99. The number of fused-ring (bicyclic) bond motifs is 1. The molecule has 3 heteroatoms. The molecule has 0 amide bonds. The zero-order chi connectivity index (χ0) is 10.3. The first-order valence-corrected chi connectivity index (χ1v) is 6.44. The maximum absolute atomic E-state index is 5.83. The number of rotatable bonds is 1. The van der Waals surface area contributed by atoms with Crippen LogP contribution in [0.1, 0.15) is 12.5 Å². The summed E-state index contributed by atoms with van der Waals surface area (Å²) in [5, 5.41) is 1.29. The predicted molar refractivity (Wildman–Crippen MR) is 67.3 cm³/mol. The highest BCUT2D eigenvalue weighted by Gasteiger charge is 2.18. The van der Waals surface area contributed by atoms with Crippen LogP contribution in [0.15, 0.2) is 30.5 Å². The number of anilines is 1. The van der Waals surface area contributed by atoms with Gasteiger partial charge in [-0.15, -0.1) is 0 Å². The molecule has 1 aromatic heterocycles. The molecule has 2 N–H and O–H groups in total. The first-order chi connectivity index (χ1) is 7.34. The van der Waals surface area contributed by atoms with E-state index in [2.05, 4.69) is 29.0 Å². The third-order valence-electron chi connectivity index (χ3n) is 3.05. The molecule has 1 saturated heterocycles. The summed E-state index contributed by atoms with van der Waals surface area (Å²) in [6.07, 6.45) is 3.48. The van der Waals surface area contributed by atoms with E-state index in [9.17, 15) is 0 Å². The van der Waals surface area contributed by atoms with E-state index in [4.69, 9.17) is 5.73 Å². The summed E-state index contributed by atoms with van der Waals surface area (Å²) in [4.78, 5) is 0. The molecule has 0 spiro atoms. The van der Waals surface area contributed by atoms with E-state index in [1.165, 1.54) is 28.8 Å². The first-order valence-electron chi connectivity index (χ1n) is 5.28. The summed E-state index contributed by atoms with van der Waals surface area (Å²) in [6.45, 7) is 0. The van der Waals surface area contributed by atoms with E-state index in [1.54, 1.807) is 0 Å². The van der Waals surface area contributed by atoms with Crippen LogP contribution in [0.4, 0.5) is 5.69 Å². The monoisotopic (exact) mass is 218 g/mol. The van der Waals surface area contributed by atoms with Crippen molar-refractivity contribution in [2.75, 3.05) is 17.2 Å². The largest absolute Gasteiger partial charge is 0.399 e. The Labute approximate surface area is 93.4 Å². The molecular weight excluding hydrogens is 204 g/mol. The minimum Gasteiger partial charge on any atom is -0.399 e. The van der Waals surface area contributed by atoms with Crippen LogP contribution in [-0.4, -0.2) is 16.1 Å². The molecule has 1 unspecified atom stereocenters. The van der Waals surface area contributed by atoms with Gasteiger partial charge in [0.25, 0.3) is 0 Å².